The molecule has 1 saturated heterocycles. The zero-order chi connectivity index (χ0) is 22.3. The van der Waals surface area contributed by atoms with Crippen LogP contribution in [0.1, 0.15) is 30.9 Å². The Labute approximate surface area is 190 Å². The Hall–Kier alpha value is -3.40. The first-order valence-corrected chi connectivity index (χ1v) is 11.3. The van der Waals surface area contributed by atoms with E-state index in [1.807, 2.05) is 36.5 Å². The van der Waals surface area contributed by atoms with Gasteiger partial charge in [-0.1, -0.05) is 49.4 Å². The summed E-state index contributed by atoms with van der Waals surface area (Å²) in [7, 11) is 0. The van der Waals surface area contributed by atoms with Crippen molar-refractivity contribution in [3.05, 3.63) is 102 Å². The first-order valence-electron chi connectivity index (χ1n) is 11.3. The number of hydrogen-bond acceptors (Lipinski definition) is 3. The van der Waals surface area contributed by atoms with Crippen molar-refractivity contribution in [1.82, 2.24) is 4.90 Å². The fraction of sp³-hybridized carbons (Fsp3) is 0.250. The van der Waals surface area contributed by atoms with E-state index in [9.17, 15) is 4.39 Å². The van der Waals surface area contributed by atoms with Crippen LogP contribution in [0.2, 0.25) is 0 Å². The van der Waals surface area contributed by atoms with E-state index in [0.29, 0.717) is 5.92 Å². The number of hydrogen-bond donors (Lipinski definition) is 1. The summed E-state index contributed by atoms with van der Waals surface area (Å²) < 4.78 is 13.5. The van der Waals surface area contributed by atoms with Gasteiger partial charge in [0.25, 0.3) is 0 Å². The average Bonchev–Trinajstić information content (AvgIpc) is 2.81. The first kappa shape index (κ1) is 21.8. The number of nitrogens with one attached hydrogen (secondary N) is 1. The molecule has 3 aromatic carbocycles. The van der Waals surface area contributed by atoms with E-state index < -0.39 is 0 Å². The van der Waals surface area contributed by atoms with E-state index in [4.69, 9.17) is 4.99 Å². The molecule has 1 heterocycles. The van der Waals surface area contributed by atoms with Gasteiger partial charge in [0, 0.05) is 24.3 Å². The summed E-state index contributed by atoms with van der Waals surface area (Å²) >= 11 is 0. The molecule has 1 fully saturated rings. The lowest BCUT2D eigenvalue weighted by Crippen LogP contribution is -2.35. The summed E-state index contributed by atoms with van der Waals surface area (Å²) in [6.07, 6.45) is 4.37. The van der Waals surface area contributed by atoms with Crippen LogP contribution in [-0.4, -0.2) is 24.2 Å². The zero-order valence-electron chi connectivity index (χ0n) is 18.8. The van der Waals surface area contributed by atoms with Crippen molar-refractivity contribution in [3.63, 3.8) is 0 Å². The van der Waals surface area contributed by atoms with Gasteiger partial charge in [-0.05, 0) is 67.6 Å². The quantitative estimate of drug-likeness (QED) is 0.427. The number of anilines is 1. The highest BCUT2D eigenvalue weighted by molar-refractivity contribution is 5.95. The van der Waals surface area contributed by atoms with Crippen LogP contribution in [0.3, 0.4) is 0 Å². The van der Waals surface area contributed by atoms with Crippen molar-refractivity contribution in [2.24, 2.45) is 10.9 Å². The fourth-order valence-electron chi connectivity index (χ4n) is 4.16. The summed E-state index contributed by atoms with van der Waals surface area (Å²) in [5.41, 5.74) is 6.10. The predicted molar refractivity (Wildman–Crippen MR) is 133 cm³/mol. The molecule has 3 aromatic rings. The second kappa shape index (κ2) is 10.3. The summed E-state index contributed by atoms with van der Waals surface area (Å²) in [6.45, 7) is 6.39. The van der Waals surface area contributed by atoms with Crippen LogP contribution >= 0.6 is 0 Å². The second-order valence-corrected chi connectivity index (χ2v) is 8.49. The summed E-state index contributed by atoms with van der Waals surface area (Å²) in [6, 6.07) is 24.9. The number of halogens is 1. The molecule has 1 unspecified atom stereocenters. The molecule has 1 N–H and O–H groups in total. The number of nitrogens with zero attached hydrogens (tertiary/aromatic N) is 2. The third kappa shape index (κ3) is 5.44. The van der Waals surface area contributed by atoms with Gasteiger partial charge in [0.15, 0.2) is 0 Å². The molecule has 1 aliphatic heterocycles. The third-order valence-corrected chi connectivity index (χ3v) is 5.87. The minimum Gasteiger partial charge on any atom is -0.368 e. The molecule has 4 rings (SSSR count). The molecular formula is C28H30FN3. The predicted octanol–water partition coefficient (Wildman–Crippen LogP) is 7.05. The number of rotatable bonds is 6. The van der Waals surface area contributed by atoms with Crippen molar-refractivity contribution >= 4 is 23.3 Å². The second-order valence-electron chi connectivity index (χ2n) is 8.49. The van der Waals surface area contributed by atoms with Crippen molar-refractivity contribution in [1.29, 1.82) is 0 Å². The van der Waals surface area contributed by atoms with Gasteiger partial charge < -0.3 is 10.2 Å². The zero-order valence-corrected chi connectivity index (χ0v) is 18.8. The molecule has 4 heteroatoms. The average molecular weight is 428 g/mol. The number of aryl methyl sites for hydroxylation is 1. The molecule has 0 spiro atoms. The Bertz CT molecular complexity index is 1090. The molecule has 0 aliphatic carbocycles. The lowest BCUT2D eigenvalue weighted by Gasteiger charge is -2.35. The molecule has 0 bridgehead atoms. The Balaban J connectivity index is 1.85. The maximum Gasteiger partial charge on any atom is 0.123 e. The number of likely N-dealkylation sites (tertiary alicyclic amines) is 1. The van der Waals surface area contributed by atoms with Crippen molar-refractivity contribution in [2.45, 2.75) is 26.7 Å². The number of benzene rings is 3. The Kier molecular flexibility index (Phi) is 7.00. The number of piperidine rings is 1. The van der Waals surface area contributed by atoms with Crippen molar-refractivity contribution < 1.29 is 4.39 Å². The lowest BCUT2D eigenvalue weighted by molar-refractivity contribution is 0.240. The van der Waals surface area contributed by atoms with Crippen LogP contribution in [0, 0.1) is 18.7 Å². The van der Waals surface area contributed by atoms with E-state index in [1.165, 1.54) is 24.1 Å². The Morgan fingerprint density at radius 1 is 1.00 bits per heavy atom. The van der Waals surface area contributed by atoms with Gasteiger partial charge in [-0.25, -0.2) is 4.39 Å². The van der Waals surface area contributed by atoms with Crippen LogP contribution in [0.5, 0.6) is 0 Å². The number of aliphatic imine (C=N–C) groups is 1. The Morgan fingerprint density at radius 3 is 2.44 bits per heavy atom. The monoisotopic (exact) mass is 427 g/mol. The van der Waals surface area contributed by atoms with Crippen molar-refractivity contribution in [2.75, 3.05) is 18.4 Å². The van der Waals surface area contributed by atoms with Crippen LogP contribution in [0.25, 0.3) is 5.70 Å². The van der Waals surface area contributed by atoms with Gasteiger partial charge >= 0.3 is 0 Å². The van der Waals surface area contributed by atoms with Gasteiger partial charge in [-0.2, -0.15) is 0 Å². The van der Waals surface area contributed by atoms with E-state index in [-0.39, 0.29) is 5.82 Å². The van der Waals surface area contributed by atoms with Crippen LogP contribution < -0.4 is 5.32 Å². The molecule has 0 radical (unpaired) electrons. The van der Waals surface area contributed by atoms with E-state index >= 15 is 0 Å². The molecule has 1 atom stereocenters. The molecule has 0 amide bonds. The fourth-order valence-corrected chi connectivity index (χ4v) is 4.16. The van der Waals surface area contributed by atoms with Gasteiger partial charge in [0.1, 0.15) is 5.82 Å². The minimum atomic E-state index is -0.243. The number of allylic oxidation sites excluding steroid dienone is 1. The van der Waals surface area contributed by atoms with Gasteiger partial charge in [0.05, 0.1) is 23.3 Å². The highest BCUT2D eigenvalue weighted by Gasteiger charge is 2.22. The van der Waals surface area contributed by atoms with Crippen LogP contribution in [0.15, 0.2) is 89.6 Å². The summed E-state index contributed by atoms with van der Waals surface area (Å²) in [5.74, 6) is 0.375. The minimum absolute atomic E-state index is 0.243. The summed E-state index contributed by atoms with van der Waals surface area (Å²) in [4.78, 5) is 7.24. The standard InChI is InChI=1S/C28H30FN3/c1-21-9-8-18-32(20-21)27(19-30-24-11-4-3-5-12-24)28(26-13-7-6-10-22(26)2)31-25-16-14-23(29)15-17-25/h3-7,10-17,19,21,31H,8-9,18,20H2,1-2H3. The number of para-hydroxylation sites is 1. The van der Waals surface area contributed by atoms with Crippen LogP contribution in [-0.2, 0) is 0 Å². The van der Waals surface area contributed by atoms with Gasteiger partial charge in [0.2, 0.25) is 0 Å². The van der Waals surface area contributed by atoms with Gasteiger partial charge in [-0.15, -0.1) is 0 Å². The molecule has 164 valence electrons. The molecule has 0 saturated carbocycles. The highest BCUT2D eigenvalue weighted by atomic mass is 19.1. The first-order chi connectivity index (χ1) is 15.6. The Morgan fingerprint density at radius 2 is 1.72 bits per heavy atom. The third-order valence-electron chi connectivity index (χ3n) is 5.87. The molecule has 32 heavy (non-hydrogen) atoms. The normalized spacial score (nSPS) is 17.3. The molecular weight excluding hydrogens is 397 g/mol. The molecule has 1 aliphatic rings. The SMILES string of the molecule is Cc1ccccc1C(Nc1ccc(F)cc1)=C(C=Nc1ccccc1)N1CCCC(C)C1. The van der Waals surface area contributed by atoms with E-state index in [0.717, 1.165) is 47.8 Å². The molecule has 0 aromatic heterocycles. The highest BCUT2D eigenvalue weighted by Crippen LogP contribution is 2.29. The smallest absolute Gasteiger partial charge is 0.123 e. The summed E-state index contributed by atoms with van der Waals surface area (Å²) in [5, 5.41) is 3.59. The lowest BCUT2D eigenvalue weighted by atomic mass is 9.98. The maximum absolute atomic E-state index is 13.5. The van der Waals surface area contributed by atoms with Crippen LogP contribution in [0.4, 0.5) is 15.8 Å². The van der Waals surface area contributed by atoms with E-state index in [2.05, 4.69) is 48.3 Å². The molecule has 3 nitrogen and oxygen atoms in total. The van der Waals surface area contributed by atoms with Gasteiger partial charge in [-0.3, -0.25) is 4.99 Å². The topological polar surface area (TPSA) is 27.6 Å². The van der Waals surface area contributed by atoms with Crippen molar-refractivity contribution in [3.8, 4) is 0 Å². The van der Waals surface area contributed by atoms with E-state index in [1.54, 1.807) is 12.1 Å². The maximum atomic E-state index is 13.5. The largest absolute Gasteiger partial charge is 0.368 e.